The predicted octanol–water partition coefficient (Wildman–Crippen LogP) is 4.41. The second-order valence-electron chi connectivity index (χ2n) is 7.00. The monoisotopic (exact) mass is 342 g/mol. The smallest absolute Gasteiger partial charge is 0.457 e. The predicted molar refractivity (Wildman–Crippen MR) is 98.2 cm³/mol. The van der Waals surface area contributed by atoms with Crippen LogP contribution < -0.4 is 0 Å². The number of hydrogen-bond acceptors (Lipinski definition) is 2. The molecule has 1 fully saturated rings. The van der Waals surface area contributed by atoms with E-state index in [9.17, 15) is 0 Å². The second kappa shape index (κ2) is 14.6. The molecule has 0 atom stereocenters. The molecular formula is C14H34Al4O2. The molecular weight excluding hydrogens is 308 g/mol. The van der Waals surface area contributed by atoms with Gasteiger partial charge in [0.15, 0.2) is 0 Å². The highest BCUT2D eigenvalue weighted by Crippen LogP contribution is 2.11. The SMILES string of the molecule is [CH3][Al]([CH3])[CH2][Al]([CH3])[CH2][O][Al]([CH3])[CH3].[CH3][Al]1[CH2]CCCCC[O]1. The van der Waals surface area contributed by atoms with Gasteiger partial charge in [-0.05, 0) is 11.9 Å². The first kappa shape index (κ1) is 22.0. The maximum Gasteiger partial charge on any atom is 0.457 e. The van der Waals surface area contributed by atoms with Crippen LogP contribution in [0.5, 0.6) is 0 Å². The van der Waals surface area contributed by atoms with E-state index in [1.54, 1.807) is 4.14 Å². The van der Waals surface area contributed by atoms with Crippen LogP contribution in [-0.4, -0.2) is 69.3 Å². The lowest BCUT2D eigenvalue weighted by Gasteiger charge is -2.12. The van der Waals surface area contributed by atoms with E-state index in [1.165, 1.54) is 31.0 Å². The van der Waals surface area contributed by atoms with Gasteiger partial charge in [0.2, 0.25) is 14.1 Å². The van der Waals surface area contributed by atoms with Gasteiger partial charge in [-0.25, -0.2) is 0 Å². The minimum atomic E-state index is -0.722. The van der Waals surface area contributed by atoms with E-state index in [1.807, 2.05) is 0 Å². The molecule has 0 aliphatic carbocycles. The van der Waals surface area contributed by atoms with Gasteiger partial charge in [-0.3, -0.25) is 0 Å². The topological polar surface area (TPSA) is 18.5 Å². The van der Waals surface area contributed by atoms with Gasteiger partial charge in [-0.1, -0.05) is 41.9 Å². The van der Waals surface area contributed by atoms with Crippen LogP contribution in [0, 0.1) is 0 Å². The van der Waals surface area contributed by atoms with Gasteiger partial charge in [0.1, 0.15) is 0 Å². The summed E-state index contributed by atoms with van der Waals surface area (Å²) in [6, 6.07) is 0. The Morgan fingerprint density at radius 2 is 1.65 bits per heavy atom. The molecule has 0 N–H and O–H groups in total. The van der Waals surface area contributed by atoms with Crippen LogP contribution in [-0.2, 0) is 7.58 Å². The van der Waals surface area contributed by atoms with Crippen molar-refractivity contribution < 1.29 is 7.58 Å². The maximum atomic E-state index is 5.73. The van der Waals surface area contributed by atoms with Gasteiger partial charge >= 0.3 is 29.0 Å². The second-order valence-corrected chi connectivity index (χ2v) is 19.2. The summed E-state index contributed by atoms with van der Waals surface area (Å²) in [6.07, 6.45) is 5.56. The van der Waals surface area contributed by atoms with Crippen molar-refractivity contribution in [1.82, 2.24) is 0 Å². The van der Waals surface area contributed by atoms with Crippen molar-refractivity contribution >= 4 is 57.3 Å². The van der Waals surface area contributed by atoms with E-state index in [4.69, 9.17) is 7.58 Å². The zero-order chi connectivity index (χ0) is 15.4. The molecule has 6 heteroatoms. The number of hydrogen-bond donors (Lipinski definition) is 0. The van der Waals surface area contributed by atoms with Gasteiger partial charge in [-0.2, -0.15) is 0 Å². The zero-order valence-corrected chi connectivity index (χ0v) is 19.4. The van der Waals surface area contributed by atoms with Crippen LogP contribution in [0.1, 0.15) is 25.7 Å². The van der Waals surface area contributed by atoms with Gasteiger partial charge in [-0.15, -0.1) is 21.5 Å². The van der Waals surface area contributed by atoms with E-state index in [-0.39, 0.29) is 14.1 Å². The number of rotatable bonds is 5. The lowest BCUT2D eigenvalue weighted by molar-refractivity contribution is 0.299. The van der Waals surface area contributed by atoms with Crippen molar-refractivity contribution in [2.45, 2.75) is 69.8 Å². The highest BCUT2D eigenvalue weighted by Gasteiger charge is 2.16. The fourth-order valence-corrected chi connectivity index (χ4v) is 13.9. The van der Waals surface area contributed by atoms with Gasteiger partial charge in [0.05, 0.1) is 0 Å². The van der Waals surface area contributed by atoms with E-state index in [0.29, 0.717) is 0 Å². The summed E-state index contributed by atoms with van der Waals surface area (Å²) in [5.41, 5.74) is 1.15. The molecule has 1 heterocycles. The van der Waals surface area contributed by atoms with Crippen molar-refractivity contribution in [3.05, 3.63) is 0 Å². The molecule has 0 amide bonds. The van der Waals surface area contributed by atoms with Gasteiger partial charge in [0.25, 0.3) is 14.1 Å². The molecule has 1 saturated heterocycles. The first-order chi connectivity index (χ1) is 9.41. The summed E-state index contributed by atoms with van der Waals surface area (Å²) in [6.45, 7) is 1.05. The average molecular weight is 342 g/mol. The minimum absolute atomic E-state index is 0.294. The molecule has 0 unspecified atom stereocenters. The molecule has 1 aliphatic heterocycles. The fraction of sp³-hybridized carbons (Fsp3) is 1.00. The summed E-state index contributed by atoms with van der Waals surface area (Å²) in [5.74, 6) is 14.2. The van der Waals surface area contributed by atoms with Crippen LogP contribution in [0.2, 0.25) is 44.1 Å². The van der Waals surface area contributed by atoms with Crippen LogP contribution in [0.15, 0.2) is 0 Å². The normalized spacial score (nSPS) is 15.6. The third kappa shape index (κ3) is 16.4. The van der Waals surface area contributed by atoms with Gasteiger partial charge < -0.3 is 7.58 Å². The van der Waals surface area contributed by atoms with E-state index < -0.39 is 43.1 Å². The van der Waals surface area contributed by atoms with Crippen LogP contribution in [0.4, 0.5) is 0 Å². The Hall–Kier alpha value is 2.05. The van der Waals surface area contributed by atoms with E-state index >= 15 is 0 Å². The summed E-state index contributed by atoms with van der Waals surface area (Å²) in [7, 11) is 0. The Bertz CT molecular complexity index is 207. The molecule has 1 aliphatic rings. The maximum absolute atomic E-state index is 5.73. The molecule has 0 aromatic heterocycles. The fourth-order valence-electron chi connectivity index (χ4n) is 2.48. The van der Waals surface area contributed by atoms with Crippen molar-refractivity contribution in [3.8, 4) is 0 Å². The van der Waals surface area contributed by atoms with Crippen LogP contribution in [0.25, 0.3) is 0 Å². The average Bonchev–Trinajstić information content (AvgIpc) is 2.31. The molecule has 2 nitrogen and oxygen atoms in total. The molecule has 0 aromatic carbocycles. The largest absolute Gasteiger partial charge is 0.513 e. The minimum Gasteiger partial charge on any atom is -0.513 e. The van der Waals surface area contributed by atoms with Crippen molar-refractivity contribution in [2.75, 3.05) is 12.1 Å². The molecule has 0 radical (unpaired) electrons. The Labute approximate surface area is 145 Å². The molecule has 0 saturated carbocycles. The summed E-state index contributed by atoms with van der Waals surface area (Å²) < 4.78 is 12.9. The van der Waals surface area contributed by atoms with Crippen molar-refractivity contribution in [2.24, 2.45) is 0 Å². The quantitative estimate of drug-likeness (QED) is 0.689. The molecule has 0 spiro atoms. The van der Waals surface area contributed by atoms with Crippen LogP contribution in [0.3, 0.4) is 0 Å². The van der Waals surface area contributed by atoms with Crippen molar-refractivity contribution in [1.29, 1.82) is 0 Å². The Balaban J connectivity index is 0.000000367. The summed E-state index contributed by atoms with van der Waals surface area (Å²) >= 11 is -2.13. The Morgan fingerprint density at radius 1 is 1.00 bits per heavy atom. The molecule has 114 valence electrons. The molecule has 0 bridgehead atoms. The molecule has 0 aromatic rings. The molecule has 1 rings (SSSR count). The summed E-state index contributed by atoms with van der Waals surface area (Å²) in [4.78, 5) is 0. The zero-order valence-electron chi connectivity index (χ0n) is 14.8. The van der Waals surface area contributed by atoms with Crippen LogP contribution >= 0.6 is 0 Å². The lowest BCUT2D eigenvalue weighted by atomic mass is 10.2. The Morgan fingerprint density at radius 3 is 2.25 bits per heavy atom. The third-order valence-corrected chi connectivity index (χ3v) is 14.5. The highest BCUT2D eigenvalue weighted by molar-refractivity contribution is 6.75. The van der Waals surface area contributed by atoms with Crippen molar-refractivity contribution in [3.63, 3.8) is 0 Å². The standard InChI is InChI=1S/C6H12O.CH2O.6CH3.CH2.4Al/c1-2-3-4-5-6-7;1-2;;;;;;;;;;;/h1-6H2;1H2;6*1H3;1H2;;;;/q2*-1;;;;;;;;;;2*+1. The highest BCUT2D eigenvalue weighted by atomic mass is 27.2. The Kier molecular flexibility index (Phi) is 16.1. The van der Waals surface area contributed by atoms with E-state index in [0.717, 1.165) is 12.1 Å². The first-order valence-corrected chi connectivity index (χ1v) is 19.8. The molecule has 20 heavy (non-hydrogen) atoms. The first-order valence-electron chi connectivity index (χ1n) is 8.65. The third-order valence-electron chi connectivity index (χ3n) is 3.50. The summed E-state index contributed by atoms with van der Waals surface area (Å²) in [5, 5.41) is 1.40. The lowest BCUT2D eigenvalue weighted by Crippen LogP contribution is -2.25. The van der Waals surface area contributed by atoms with E-state index in [2.05, 4.69) is 34.7 Å². The van der Waals surface area contributed by atoms with Gasteiger partial charge in [0, 0.05) is 6.61 Å².